The number of nitrogen functional groups attached to an aromatic ring is 3. The van der Waals surface area contributed by atoms with E-state index in [1.165, 1.54) is 12.1 Å². The highest BCUT2D eigenvalue weighted by atomic mass is 19.4. The van der Waals surface area contributed by atoms with E-state index >= 15 is 0 Å². The molecule has 0 unspecified atom stereocenters. The van der Waals surface area contributed by atoms with E-state index < -0.39 is 11.7 Å². The van der Waals surface area contributed by atoms with Gasteiger partial charge in [0.05, 0.1) is 68.2 Å². The van der Waals surface area contributed by atoms with Crippen LogP contribution in [0.5, 0.6) is 23.0 Å². The first-order valence-corrected chi connectivity index (χ1v) is 34.6. The Balaban J connectivity index is 0.000000114. The third-order valence-electron chi connectivity index (χ3n) is 17.1. The van der Waals surface area contributed by atoms with Crippen LogP contribution >= 0.6 is 0 Å². The summed E-state index contributed by atoms with van der Waals surface area (Å²) in [5.74, 6) is 8.68. The highest BCUT2D eigenvalue weighted by molar-refractivity contribution is 5.83. The number of pyridine rings is 2. The molecule has 0 saturated heterocycles. The molecule has 0 radical (unpaired) electrons. The molecule has 0 aliphatic carbocycles. The minimum absolute atomic E-state index is 0.0427. The number of ether oxygens (including phenoxy) is 4. The van der Waals surface area contributed by atoms with Gasteiger partial charge in [0.1, 0.15) is 23.3 Å². The second-order valence-corrected chi connectivity index (χ2v) is 24.8. The van der Waals surface area contributed by atoms with Crippen molar-refractivity contribution in [3.63, 3.8) is 0 Å². The first-order chi connectivity index (χ1) is 54.9. The van der Waals surface area contributed by atoms with Gasteiger partial charge in [-0.1, -0.05) is 54.6 Å². The molecule has 38 heteroatoms. The smallest absolute Gasteiger partial charge is 0.416 e. The monoisotopic (exact) mass is 1520 g/mol. The second-order valence-electron chi connectivity index (χ2n) is 24.8. The number of nitrogens with zero attached hydrogens (tertiary/aromatic N) is 22. The third-order valence-corrected chi connectivity index (χ3v) is 17.1. The van der Waals surface area contributed by atoms with Crippen molar-refractivity contribution in [2.24, 2.45) is 0 Å². The molecule has 10 aromatic heterocycles. The normalized spacial score (nSPS) is 11.9. The van der Waals surface area contributed by atoms with E-state index in [9.17, 15) is 18.3 Å². The lowest BCUT2D eigenvalue weighted by molar-refractivity contribution is -0.137. The van der Waals surface area contributed by atoms with E-state index in [1.807, 2.05) is 180 Å². The van der Waals surface area contributed by atoms with Crippen molar-refractivity contribution in [3.05, 3.63) is 217 Å². The number of hydrogen-bond donors (Lipinski definition) is 9. The number of nitrogens with one attached hydrogen (secondary N) is 5. The van der Waals surface area contributed by atoms with Gasteiger partial charge in [0, 0.05) is 47.3 Å². The summed E-state index contributed by atoms with van der Waals surface area (Å²) in [6.45, 7) is 8.16. The molecule has 0 bridgehead atoms. The zero-order valence-electron chi connectivity index (χ0n) is 60.0. The lowest BCUT2D eigenvalue weighted by Gasteiger charge is -2.12. The van der Waals surface area contributed by atoms with Gasteiger partial charge in [0.2, 0.25) is 85.0 Å². The largest absolute Gasteiger partial charge is 0.454 e. The number of nitrogens with two attached hydrogens (primary N) is 3. The minimum Gasteiger partial charge on any atom is -0.454 e. The Labute approximate surface area is 636 Å². The molecule has 0 amide bonds. The maximum absolute atomic E-state index is 12.7. The quantitative estimate of drug-likeness (QED) is 0.0460. The number of aromatic nitrogens is 22. The van der Waals surface area contributed by atoms with E-state index in [4.69, 9.17) is 36.1 Å². The molecule has 17 aromatic rings. The molecular weight excluding hydrogens is 1460 g/mol. The number of hydrogen-bond acceptors (Lipinski definition) is 31. The fourth-order valence-electron chi connectivity index (χ4n) is 12.2. The van der Waals surface area contributed by atoms with Gasteiger partial charge in [-0.2, -0.15) is 73.0 Å². The van der Waals surface area contributed by atoms with Crippen molar-refractivity contribution < 1.29 is 37.2 Å². The Hall–Kier alpha value is -15.6. The number of alkyl halides is 3. The van der Waals surface area contributed by atoms with Crippen LogP contribution in [0.4, 0.5) is 83.5 Å². The number of benzene rings is 7. The Bertz CT molecular complexity index is 6420. The molecular formula is C75H63F3N30O5. The third kappa shape index (κ3) is 15.6. The number of aryl methyl sites for hydroxylation is 4. The summed E-state index contributed by atoms with van der Waals surface area (Å²) in [6.07, 6.45) is -1.05. The number of fused-ring (bicyclic) bond motifs is 7. The van der Waals surface area contributed by atoms with Crippen LogP contribution in [0.2, 0.25) is 0 Å². The van der Waals surface area contributed by atoms with Gasteiger partial charge < -0.3 is 67.8 Å². The maximum atomic E-state index is 12.7. The average Bonchev–Trinajstić information content (AvgIpc) is 1.59. The standard InChI is InChI=1S/C20H16N8.C20H19N7O3.C18H15N7O2.C17H13F3N8/c1-12-23-16-8-4-5-9-17(16)28(12)20-26-18(21)25-19(27-20)24-14-10-13-6-2-3-7-15(13)22-11-14;1-12-22-14-4-2-3-5-15(14)27(12)20-25-18(21-8-9-28)24-19(26-20)23-13-6-7-16-17(10-13)30-11-29-16;1-10-20-12-4-2-3-5-13(12)25(10)18-23-16(19)22-17(24-18)21-11-6-7-14-15(8-11)27-9-26-14;1-9-23-13-12(3-2-8-22-13)28(9)16-26-14(21)25-15(27-16)24-11-6-4-10(5-7-11)17(18,19)20/h2-11H,1H3,(H3,21,24,25,26,27);2-7,10,28H,8-9,11H2,1H3,(H2,21,23,24,25,26);2-8H,9H2,1H3,(H3,19,21,22,23,24);2-8H,1H3,(H3,21,24,25,26,27). The van der Waals surface area contributed by atoms with Gasteiger partial charge in [-0.3, -0.25) is 23.3 Å². The van der Waals surface area contributed by atoms with E-state index in [0.717, 1.165) is 90.7 Å². The number of para-hydroxylation sites is 7. The zero-order valence-corrected chi connectivity index (χ0v) is 60.0. The topological polar surface area (TPSA) is 447 Å². The summed E-state index contributed by atoms with van der Waals surface area (Å²) in [4.78, 5) is 78.7. The Morgan fingerprint density at radius 2 is 0.779 bits per heavy atom. The van der Waals surface area contributed by atoms with Crippen LogP contribution in [0.15, 0.2) is 188 Å². The SMILES string of the molecule is Cc1nc2ccccc2n1-c1nc(N)nc(Nc2ccc3c(c2)OCO3)n1.Cc1nc2ccccc2n1-c1nc(N)nc(Nc2cnc3ccccc3c2)n1.Cc1nc2ccccc2n1-c1nc(NCCO)nc(Nc2ccc3c(c2)OCO3)n1.Cc1nc2ncccc2n1-c1nc(N)nc(Nc2ccc(C(F)(F)F)cc2)n1. The lowest BCUT2D eigenvalue weighted by Crippen LogP contribution is -2.14. The summed E-state index contributed by atoms with van der Waals surface area (Å²) >= 11 is 0. The highest BCUT2D eigenvalue weighted by Crippen LogP contribution is 2.38. The molecule has 19 rings (SSSR count). The summed E-state index contributed by atoms with van der Waals surface area (Å²) < 4.78 is 66.8. The predicted molar refractivity (Wildman–Crippen MR) is 415 cm³/mol. The minimum atomic E-state index is -4.41. The van der Waals surface area contributed by atoms with Gasteiger partial charge in [0.25, 0.3) is 0 Å². The fraction of sp³-hybridized carbons (Fsp3) is 0.120. The van der Waals surface area contributed by atoms with Crippen LogP contribution in [0, 0.1) is 27.7 Å². The average molecular weight is 1520 g/mol. The number of aliphatic hydroxyl groups excluding tert-OH is 1. The van der Waals surface area contributed by atoms with Gasteiger partial charge in [-0.25, -0.2) is 24.9 Å². The van der Waals surface area contributed by atoms with Gasteiger partial charge in [0.15, 0.2) is 28.6 Å². The molecule has 0 spiro atoms. The van der Waals surface area contributed by atoms with E-state index in [0.29, 0.717) is 93.9 Å². The van der Waals surface area contributed by atoms with Crippen molar-refractivity contribution in [2.45, 2.75) is 33.9 Å². The van der Waals surface area contributed by atoms with Crippen molar-refractivity contribution in [2.75, 3.05) is 70.5 Å². The fourth-order valence-corrected chi connectivity index (χ4v) is 12.2. The number of anilines is 12. The number of aliphatic hydroxyl groups is 1. The summed E-state index contributed by atoms with van der Waals surface area (Å²) in [5.41, 5.74) is 27.0. The molecule has 12 heterocycles. The second kappa shape index (κ2) is 30.6. The molecule has 35 nitrogen and oxygen atoms in total. The van der Waals surface area contributed by atoms with E-state index in [1.54, 1.807) is 30.0 Å². The summed E-state index contributed by atoms with van der Waals surface area (Å²) in [5, 5.41) is 25.5. The first-order valence-electron chi connectivity index (χ1n) is 34.6. The summed E-state index contributed by atoms with van der Waals surface area (Å²) in [7, 11) is 0. The lowest BCUT2D eigenvalue weighted by atomic mass is 10.2. The van der Waals surface area contributed by atoms with Gasteiger partial charge in [-0.05, 0) is 137 Å². The highest BCUT2D eigenvalue weighted by Gasteiger charge is 2.30. The molecule has 2 aliphatic rings. The van der Waals surface area contributed by atoms with Crippen LogP contribution in [-0.4, -0.2) is 140 Å². The van der Waals surface area contributed by atoms with E-state index in [2.05, 4.69) is 116 Å². The molecule has 2 aliphatic heterocycles. The van der Waals surface area contributed by atoms with E-state index in [-0.39, 0.29) is 49.9 Å². The van der Waals surface area contributed by atoms with Crippen LogP contribution in [0.3, 0.4) is 0 Å². The number of rotatable bonds is 15. The van der Waals surface area contributed by atoms with Crippen LogP contribution in [0.1, 0.15) is 28.9 Å². The number of imidazole rings is 4. The van der Waals surface area contributed by atoms with Crippen LogP contribution in [-0.2, 0) is 6.18 Å². The first kappa shape index (κ1) is 71.6. The summed E-state index contributed by atoms with van der Waals surface area (Å²) in [6, 6.07) is 52.3. The Morgan fingerprint density at radius 3 is 1.27 bits per heavy atom. The zero-order chi connectivity index (χ0) is 77.9. The van der Waals surface area contributed by atoms with Gasteiger partial charge in [-0.15, -0.1) is 0 Å². The van der Waals surface area contributed by atoms with Crippen molar-refractivity contribution >= 4 is 126 Å². The molecule has 0 atom stereocenters. The predicted octanol–water partition coefficient (Wildman–Crippen LogP) is 11.6. The van der Waals surface area contributed by atoms with Gasteiger partial charge >= 0.3 is 6.18 Å². The van der Waals surface area contributed by atoms with Crippen molar-refractivity contribution in [1.29, 1.82) is 0 Å². The Morgan fingerprint density at radius 1 is 0.381 bits per heavy atom. The van der Waals surface area contributed by atoms with Crippen molar-refractivity contribution in [3.8, 4) is 46.8 Å². The molecule has 564 valence electrons. The van der Waals surface area contributed by atoms with Crippen LogP contribution in [0.25, 0.3) is 79.0 Å². The molecule has 0 saturated carbocycles. The maximum Gasteiger partial charge on any atom is 0.416 e. The molecule has 0 fully saturated rings. The molecule has 12 N–H and O–H groups in total. The molecule has 113 heavy (non-hydrogen) atoms. The number of halogens is 3. The van der Waals surface area contributed by atoms with Crippen LogP contribution < -0.4 is 62.7 Å². The molecule has 7 aromatic carbocycles. The Kier molecular flexibility index (Phi) is 19.4. The van der Waals surface area contributed by atoms with Crippen molar-refractivity contribution in [1.82, 2.24) is 108 Å².